The standard InChI is InChI=1S/CH4N2O2/c1-3(5)2-4/h4H,1H3/p-1/b3-2+. The Morgan fingerprint density at radius 3 is 2.00 bits per heavy atom. The second-order valence-corrected chi connectivity index (χ2v) is 0.546. The molecule has 0 aliphatic heterocycles. The van der Waals surface area contributed by atoms with Crippen molar-refractivity contribution in [3.8, 4) is 0 Å². The largest absolute Gasteiger partial charge is 0.739 e. The van der Waals surface area contributed by atoms with Gasteiger partial charge in [0.2, 0.25) is 0 Å². The lowest BCUT2D eigenvalue weighted by Crippen LogP contribution is -1.83. The second kappa shape index (κ2) is 1.51. The van der Waals surface area contributed by atoms with E-state index in [1.165, 1.54) is 0 Å². The van der Waals surface area contributed by atoms with Crippen LogP contribution in [-0.2, 0) is 0 Å². The van der Waals surface area contributed by atoms with Crippen molar-refractivity contribution in [2.24, 2.45) is 5.28 Å². The summed E-state index contributed by atoms with van der Waals surface area (Å²) in [5, 5.41) is 20.0. The number of nitrogens with zero attached hydrogens (tertiary/aromatic N) is 2. The molecule has 0 spiro atoms. The van der Waals surface area contributed by atoms with Gasteiger partial charge in [-0.2, -0.15) is 0 Å². The van der Waals surface area contributed by atoms with Crippen molar-refractivity contribution >= 4 is 0 Å². The van der Waals surface area contributed by atoms with E-state index >= 15 is 0 Å². The molecule has 0 heterocycles. The number of hydrogen-bond acceptors (Lipinski definition) is 3. The maximum atomic E-state index is 9.25. The van der Waals surface area contributed by atoms with E-state index in [1.807, 2.05) is 5.28 Å². The molecule has 0 saturated heterocycles. The zero-order valence-electron chi connectivity index (χ0n) is 2.71. The van der Waals surface area contributed by atoms with Gasteiger partial charge in [0.1, 0.15) is 0 Å². The Morgan fingerprint density at radius 1 is 1.80 bits per heavy atom. The first-order valence-electron chi connectivity index (χ1n) is 1.01. The van der Waals surface area contributed by atoms with Crippen LogP contribution in [0.4, 0.5) is 0 Å². The molecule has 0 N–H and O–H groups in total. The molecule has 0 rings (SSSR count). The lowest BCUT2D eigenvalue weighted by molar-refractivity contribution is -0.494. The highest BCUT2D eigenvalue weighted by Gasteiger charge is 1.54. The third kappa shape index (κ3) is 3.20. The van der Waals surface area contributed by atoms with Crippen LogP contribution in [0.2, 0.25) is 0 Å². The fourth-order valence-electron chi connectivity index (χ4n) is 0. The van der Waals surface area contributed by atoms with E-state index in [4.69, 9.17) is 5.21 Å². The third-order valence-corrected chi connectivity index (χ3v) is 0.115. The van der Waals surface area contributed by atoms with Gasteiger partial charge in [0.05, 0.1) is 0 Å². The Morgan fingerprint density at radius 2 is 2.00 bits per heavy atom. The number of rotatable bonds is 0. The van der Waals surface area contributed by atoms with Crippen LogP contribution in [0.3, 0.4) is 0 Å². The SMILES string of the molecule is C/[N+]([O-])=N\[O-]. The molecule has 0 amide bonds. The van der Waals surface area contributed by atoms with Gasteiger partial charge < -0.3 is 10.4 Å². The van der Waals surface area contributed by atoms with Gasteiger partial charge in [0, 0.05) is 0 Å². The highest BCUT2D eigenvalue weighted by molar-refractivity contribution is 4.10. The van der Waals surface area contributed by atoms with E-state index < -0.39 is 0 Å². The topological polar surface area (TPSA) is 61.5 Å². The summed E-state index contributed by atoms with van der Waals surface area (Å²) < 4.78 is 0. The van der Waals surface area contributed by atoms with Crippen molar-refractivity contribution in [2.45, 2.75) is 0 Å². The van der Waals surface area contributed by atoms with Crippen molar-refractivity contribution < 1.29 is 4.86 Å². The van der Waals surface area contributed by atoms with E-state index in [0.717, 1.165) is 7.05 Å². The monoisotopic (exact) mass is 75.0 g/mol. The molecule has 30 valence electrons. The maximum Gasteiger partial charge on any atom is 0.170 e. The van der Waals surface area contributed by atoms with Gasteiger partial charge in [-0.25, -0.2) is 0 Å². The van der Waals surface area contributed by atoms with Gasteiger partial charge in [-0.15, -0.1) is 4.86 Å². The van der Waals surface area contributed by atoms with Gasteiger partial charge in [0.25, 0.3) is 0 Å². The molecule has 0 unspecified atom stereocenters. The van der Waals surface area contributed by atoms with Gasteiger partial charge >= 0.3 is 0 Å². The molecular formula is CH3N2O2-. The molecule has 0 fully saturated rings. The molecule has 0 aromatic carbocycles. The van der Waals surface area contributed by atoms with E-state index in [2.05, 4.69) is 0 Å². The molecule has 0 aromatic heterocycles. The van der Waals surface area contributed by atoms with Crippen molar-refractivity contribution in [3.05, 3.63) is 10.4 Å². The van der Waals surface area contributed by atoms with Crippen LogP contribution < -0.4 is 0 Å². The maximum absolute atomic E-state index is 9.25. The Bertz CT molecular complexity index is 45.6. The molecular weight excluding hydrogens is 72.0 g/mol. The highest BCUT2D eigenvalue weighted by atomic mass is 16.6. The summed E-state index contributed by atoms with van der Waals surface area (Å²) in [5.41, 5.74) is 0. The van der Waals surface area contributed by atoms with Crippen molar-refractivity contribution in [1.29, 1.82) is 0 Å². The average molecular weight is 75.0 g/mol. The van der Waals surface area contributed by atoms with Crippen molar-refractivity contribution in [1.82, 2.24) is 0 Å². The van der Waals surface area contributed by atoms with Crippen LogP contribution in [0.5, 0.6) is 0 Å². The molecule has 5 heavy (non-hydrogen) atoms. The minimum absolute atomic E-state index is 0.0556. The van der Waals surface area contributed by atoms with Crippen LogP contribution in [0.15, 0.2) is 5.28 Å². The number of hydroxylamine groups is 1. The quantitative estimate of drug-likeness (QED) is 0.232. The van der Waals surface area contributed by atoms with E-state index in [9.17, 15) is 5.21 Å². The molecule has 0 atom stereocenters. The molecule has 4 heteroatoms. The first-order valence-corrected chi connectivity index (χ1v) is 1.01. The third-order valence-electron chi connectivity index (χ3n) is 0.115. The predicted molar refractivity (Wildman–Crippen MR) is 15.3 cm³/mol. The molecule has 0 saturated carbocycles. The van der Waals surface area contributed by atoms with Crippen LogP contribution >= 0.6 is 0 Å². The van der Waals surface area contributed by atoms with Crippen molar-refractivity contribution in [2.75, 3.05) is 7.05 Å². The summed E-state index contributed by atoms with van der Waals surface area (Å²) >= 11 is 0. The van der Waals surface area contributed by atoms with E-state index in [-0.39, 0.29) is 4.86 Å². The van der Waals surface area contributed by atoms with Crippen LogP contribution in [0.25, 0.3) is 0 Å². The predicted octanol–water partition coefficient (Wildman–Crippen LogP) is 0.0765. The molecule has 0 radical (unpaired) electrons. The zero-order valence-corrected chi connectivity index (χ0v) is 2.71. The summed E-state index contributed by atoms with van der Waals surface area (Å²) in [6.45, 7) is 0. The zero-order chi connectivity index (χ0) is 4.28. The average Bonchev–Trinajstić information content (AvgIpc) is 1.38. The van der Waals surface area contributed by atoms with Crippen molar-refractivity contribution in [3.63, 3.8) is 0 Å². The smallest absolute Gasteiger partial charge is 0.170 e. The van der Waals surface area contributed by atoms with E-state index in [1.54, 1.807) is 0 Å². The Balaban J connectivity index is 3.14. The summed E-state index contributed by atoms with van der Waals surface area (Å²) in [6.07, 6.45) is 0. The first kappa shape index (κ1) is 4.20. The fraction of sp³-hybridized carbons (Fsp3) is 1.00. The molecule has 0 bridgehead atoms. The Kier molecular flexibility index (Phi) is 1.27. The molecule has 4 nitrogen and oxygen atoms in total. The summed E-state index contributed by atoms with van der Waals surface area (Å²) in [7, 11) is 1.02. The normalized spacial score (nSPS) is 11.8. The fourth-order valence-corrected chi connectivity index (χ4v) is 0. The van der Waals surface area contributed by atoms with Crippen LogP contribution in [0.1, 0.15) is 0 Å². The van der Waals surface area contributed by atoms with Crippen LogP contribution in [0, 0.1) is 10.4 Å². The summed E-state index contributed by atoms with van der Waals surface area (Å²) in [6, 6.07) is 0. The number of hydrogen-bond donors (Lipinski definition) is 0. The second-order valence-electron chi connectivity index (χ2n) is 0.546. The Hall–Kier alpha value is -0.800. The molecule has 0 aliphatic rings. The minimum Gasteiger partial charge on any atom is -0.739 e. The minimum atomic E-state index is -0.0556. The molecule has 0 aromatic rings. The van der Waals surface area contributed by atoms with Crippen LogP contribution in [-0.4, -0.2) is 11.9 Å². The highest BCUT2D eigenvalue weighted by Crippen LogP contribution is 1.57. The Labute approximate surface area is 28.9 Å². The van der Waals surface area contributed by atoms with Gasteiger partial charge in [-0.3, -0.25) is 0 Å². The lowest BCUT2D eigenvalue weighted by Gasteiger charge is -1.88. The van der Waals surface area contributed by atoms with Gasteiger partial charge in [-0.1, -0.05) is 0 Å². The first-order chi connectivity index (χ1) is 2.27. The lowest BCUT2D eigenvalue weighted by atomic mass is 11.5. The summed E-state index contributed by atoms with van der Waals surface area (Å²) in [4.78, 5) is -0.0556. The van der Waals surface area contributed by atoms with Gasteiger partial charge in [0.15, 0.2) is 7.05 Å². The molecule has 0 aliphatic carbocycles. The summed E-state index contributed by atoms with van der Waals surface area (Å²) in [5.74, 6) is 0. The van der Waals surface area contributed by atoms with E-state index in [0.29, 0.717) is 0 Å². The van der Waals surface area contributed by atoms with Gasteiger partial charge in [-0.05, 0) is 5.28 Å².